The van der Waals surface area contributed by atoms with Gasteiger partial charge in [-0.05, 0) is 67.7 Å². The number of nitrogens with two attached hydrogens (primary N) is 1. The maximum absolute atomic E-state index is 14.2. The molecule has 0 aromatic heterocycles. The lowest BCUT2D eigenvalue weighted by atomic mass is 10.1. The standard InChI is InChI=1S/C37H44ClN5O7S/c38-29-14-9-12-25-21-42(23-28(25)29)35(47)50-27-18-31-32(44)40-37(20-26(37)13-7-2-1-3-8-15-30(39)33(45)43(31)22-27)34(46)41-51(48,49)36(16-17-36)19-24-10-5-4-6-11-24/h4-7,9-14,26-27,30-31H,1-3,8,15-23,39H2,(H,40,44)(H,41,46)/b13-7-/t26-,27-,30+,31?,37-/m1/s1. The van der Waals surface area contributed by atoms with E-state index in [9.17, 15) is 27.6 Å². The number of nitrogens with zero attached hydrogens (tertiary/aromatic N) is 2. The number of carbonyl (C=O) groups is 4. The SMILES string of the molecule is N[C@H]1CCCCC/C=C\[C@@H]2C[C@@]2(C(=O)NS(=O)(=O)C2(Cc3ccccc3)CC2)NC(=O)C2C[C@@H](OC(=O)N3Cc4cccc(Cl)c4C3)CN2C1=O. The fourth-order valence-corrected chi connectivity index (χ4v) is 9.65. The van der Waals surface area contributed by atoms with Gasteiger partial charge in [-0.3, -0.25) is 24.0 Å². The number of rotatable bonds is 6. The maximum Gasteiger partial charge on any atom is 0.410 e. The first-order chi connectivity index (χ1) is 24.4. The van der Waals surface area contributed by atoms with Crippen LogP contribution in [0.3, 0.4) is 0 Å². The summed E-state index contributed by atoms with van der Waals surface area (Å²) in [5.74, 6) is -2.29. The number of nitrogens with one attached hydrogen (secondary N) is 2. The van der Waals surface area contributed by atoms with Crippen molar-refractivity contribution in [3.8, 4) is 0 Å². The molecule has 2 saturated carbocycles. The Bertz CT molecular complexity index is 1850. The third-order valence-electron chi connectivity index (χ3n) is 11.1. The molecule has 14 heteroatoms. The van der Waals surface area contributed by atoms with Crippen molar-refractivity contribution in [1.82, 2.24) is 19.8 Å². The van der Waals surface area contributed by atoms with Gasteiger partial charge in [0.15, 0.2) is 0 Å². The predicted octanol–water partition coefficient (Wildman–Crippen LogP) is 3.71. The van der Waals surface area contributed by atoms with Crippen molar-refractivity contribution in [1.29, 1.82) is 0 Å². The van der Waals surface area contributed by atoms with Crippen LogP contribution in [0.2, 0.25) is 5.02 Å². The van der Waals surface area contributed by atoms with Gasteiger partial charge in [-0.1, -0.05) is 79.1 Å². The van der Waals surface area contributed by atoms with Crippen LogP contribution in [0.15, 0.2) is 60.7 Å². The van der Waals surface area contributed by atoms with Crippen molar-refractivity contribution in [3.05, 3.63) is 82.4 Å². The van der Waals surface area contributed by atoms with Gasteiger partial charge in [0.05, 0.1) is 23.9 Å². The summed E-state index contributed by atoms with van der Waals surface area (Å²) in [6, 6.07) is 12.8. The molecule has 12 nitrogen and oxygen atoms in total. The molecule has 5 atom stereocenters. The van der Waals surface area contributed by atoms with Crippen LogP contribution in [-0.4, -0.2) is 77.1 Å². The Morgan fingerprint density at radius 2 is 1.82 bits per heavy atom. The molecule has 3 aliphatic heterocycles. The van der Waals surface area contributed by atoms with Crippen LogP contribution in [0.4, 0.5) is 4.79 Å². The lowest BCUT2D eigenvalue weighted by molar-refractivity contribution is -0.140. The van der Waals surface area contributed by atoms with Crippen LogP contribution in [0.5, 0.6) is 0 Å². The number of fused-ring (bicyclic) bond motifs is 3. The Morgan fingerprint density at radius 3 is 2.57 bits per heavy atom. The van der Waals surface area contributed by atoms with Gasteiger partial charge >= 0.3 is 6.09 Å². The molecule has 51 heavy (non-hydrogen) atoms. The molecule has 2 aromatic rings. The summed E-state index contributed by atoms with van der Waals surface area (Å²) in [6.07, 6.45) is 7.33. The fraction of sp³-hybridized carbons (Fsp3) is 0.514. The van der Waals surface area contributed by atoms with E-state index >= 15 is 0 Å². The molecular weight excluding hydrogens is 694 g/mol. The van der Waals surface area contributed by atoms with Gasteiger partial charge in [0.25, 0.3) is 5.91 Å². The zero-order valence-electron chi connectivity index (χ0n) is 28.4. The highest BCUT2D eigenvalue weighted by Crippen LogP contribution is 2.49. The highest BCUT2D eigenvalue weighted by atomic mass is 35.5. The van der Waals surface area contributed by atoms with Gasteiger partial charge in [0.1, 0.15) is 17.7 Å². The first-order valence-corrected chi connectivity index (χ1v) is 19.6. The molecule has 4 N–H and O–H groups in total. The zero-order valence-corrected chi connectivity index (χ0v) is 30.0. The van der Waals surface area contributed by atoms with E-state index in [1.54, 1.807) is 6.07 Å². The van der Waals surface area contributed by atoms with Crippen LogP contribution in [0.1, 0.15) is 74.5 Å². The lowest BCUT2D eigenvalue weighted by Crippen LogP contribution is -2.58. The number of halogens is 1. The van der Waals surface area contributed by atoms with Gasteiger partial charge in [0.2, 0.25) is 21.8 Å². The minimum Gasteiger partial charge on any atom is -0.444 e. The molecule has 3 fully saturated rings. The molecule has 3 heterocycles. The predicted molar refractivity (Wildman–Crippen MR) is 189 cm³/mol. The van der Waals surface area contributed by atoms with E-state index in [1.165, 1.54) is 9.80 Å². The topological polar surface area (TPSA) is 168 Å². The second-order valence-electron chi connectivity index (χ2n) is 14.7. The Morgan fingerprint density at radius 1 is 1.04 bits per heavy atom. The largest absolute Gasteiger partial charge is 0.444 e. The quantitative estimate of drug-likeness (QED) is 0.377. The van der Waals surface area contributed by atoms with Gasteiger partial charge < -0.3 is 20.7 Å². The van der Waals surface area contributed by atoms with E-state index in [-0.39, 0.29) is 32.4 Å². The smallest absolute Gasteiger partial charge is 0.410 e. The number of hydrogen-bond donors (Lipinski definition) is 3. The van der Waals surface area contributed by atoms with E-state index in [4.69, 9.17) is 22.1 Å². The molecule has 7 rings (SSSR count). The number of benzene rings is 2. The molecule has 1 saturated heterocycles. The van der Waals surface area contributed by atoms with Crippen molar-refractivity contribution in [2.75, 3.05) is 6.54 Å². The Hall–Kier alpha value is -3.94. The highest BCUT2D eigenvalue weighted by Gasteiger charge is 2.63. The third kappa shape index (κ3) is 7.12. The van der Waals surface area contributed by atoms with Crippen LogP contribution in [-0.2, 0) is 48.7 Å². The van der Waals surface area contributed by atoms with Crippen LogP contribution >= 0.6 is 11.6 Å². The molecule has 2 aliphatic carbocycles. The first kappa shape index (κ1) is 35.5. The minimum absolute atomic E-state index is 0.00569. The maximum atomic E-state index is 14.2. The summed E-state index contributed by atoms with van der Waals surface area (Å²) in [7, 11) is -4.10. The summed E-state index contributed by atoms with van der Waals surface area (Å²) in [4.78, 5) is 58.1. The number of sulfonamides is 1. The zero-order chi connectivity index (χ0) is 36.0. The summed E-state index contributed by atoms with van der Waals surface area (Å²) in [6.45, 7) is 0.553. The Kier molecular flexibility index (Phi) is 9.66. The van der Waals surface area contributed by atoms with Crippen molar-refractivity contribution in [3.63, 3.8) is 0 Å². The van der Waals surface area contributed by atoms with Gasteiger partial charge in [-0.15, -0.1) is 0 Å². The Balaban J connectivity index is 1.09. The molecule has 2 aromatic carbocycles. The van der Waals surface area contributed by atoms with Crippen molar-refractivity contribution in [2.45, 2.75) is 106 Å². The van der Waals surface area contributed by atoms with E-state index in [0.29, 0.717) is 30.8 Å². The molecule has 4 amide bonds. The molecule has 0 spiro atoms. The third-order valence-corrected chi connectivity index (χ3v) is 13.6. The molecule has 5 aliphatic rings. The second-order valence-corrected chi connectivity index (χ2v) is 17.2. The molecule has 0 bridgehead atoms. The second kappa shape index (κ2) is 13.9. The van der Waals surface area contributed by atoms with E-state index < -0.39 is 68.2 Å². The summed E-state index contributed by atoms with van der Waals surface area (Å²) < 4.78 is 34.6. The average molecular weight is 738 g/mol. The number of hydrogen-bond acceptors (Lipinski definition) is 8. The van der Waals surface area contributed by atoms with E-state index in [1.807, 2.05) is 54.6 Å². The average Bonchev–Trinajstić information content (AvgIpc) is 3.92. The number of ether oxygens (including phenoxy) is 1. The number of carbonyl (C=O) groups excluding carboxylic acids is 4. The number of allylic oxidation sites excluding steroid dienone is 1. The van der Waals surface area contributed by atoms with Gasteiger partial charge in [-0.2, -0.15) is 0 Å². The molecular formula is C37H44ClN5O7S. The van der Waals surface area contributed by atoms with Crippen LogP contribution in [0, 0.1) is 5.92 Å². The number of amides is 4. The van der Waals surface area contributed by atoms with Crippen LogP contribution in [0.25, 0.3) is 0 Å². The van der Waals surface area contributed by atoms with Crippen molar-refractivity contribution in [2.24, 2.45) is 11.7 Å². The van der Waals surface area contributed by atoms with Gasteiger partial charge in [0, 0.05) is 23.9 Å². The van der Waals surface area contributed by atoms with Gasteiger partial charge in [-0.25, -0.2) is 13.2 Å². The summed E-state index contributed by atoms with van der Waals surface area (Å²) in [5, 5.41) is 3.43. The Labute approximate surface area is 303 Å². The molecule has 272 valence electrons. The monoisotopic (exact) mass is 737 g/mol. The fourth-order valence-electron chi connectivity index (χ4n) is 7.76. The summed E-state index contributed by atoms with van der Waals surface area (Å²) in [5.41, 5.74) is 7.47. The van der Waals surface area contributed by atoms with Crippen LogP contribution < -0.4 is 15.8 Å². The minimum atomic E-state index is -4.10. The highest BCUT2D eigenvalue weighted by molar-refractivity contribution is 7.91. The van der Waals surface area contributed by atoms with E-state index in [0.717, 1.165) is 42.4 Å². The summed E-state index contributed by atoms with van der Waals surface area (Å²) >= 11 is 6.35. The lowest BCUT2D eigenvalue weighted by Gasteiger charge is -2.28. The van der Waals surface area contributed by atoms with Crippen molar-refractivity contribution >= 4 is 45.4 Å². The molecule has 1 unspecified atom stereocenters. The van der Waals surface area contributed by atoms with Crippen molar-refractivity contribution < 1.29 is 32.3 Å². The van der Waals surface area contributed by atoms with E-state index in [2.05, 4.69) is 10.0 Å². The molecule has 0 radical (unpaired) electrons. The normalized spacial score (nSPS) is 29.4. The first-order valence-electron chi connectivity index (χ1n) is 17.8.